The Bertz CT molecular complexity index is 876. The molecule has 3 rings (SSSR count). The summed E-state index contributed by atoms with van der Waals surface area (Å²) in [7, 11) is -3.67. The van der Waals surface area contributed by atoms with Gasteiger partial charge < -0.3 is 9.31 Å². The second-order valence-electron chi connectivity index (χ2n) is 7.36. The molecule has 0 atom stereocenters. The Balaban J connectivity index is 1.90. The third-order valence-electron chi connectivity index (χ3n) is 4.89. The highest BCUT2D eigenvalue weighted by Crippen LogP contribution is 2.36. The number of pyridine rings is 1. The Labute approximate surface area is 149 Å². The van der Waals surface area contributed by atoms with Gasteiger partial charge in [-0.2, -0.15) is 0 Å². The van der Waals surface area contributed by atoms with Crippen LogP contribution in [0.25, 0.3) is 11.3 Å². The summed E-state index contributed by atoms with van der Waals surface area (Å²) >= 11 is 0. The topological polar surface area (TPSA) is 65.5 Å². The molecule has 25 heavy (non-hydrogen) atoms. The summed E-state index contributed by atoms with van der Waals surface area (Å²) in [5.74, 6) is 0. The van der Waals surface area contributed by atoms with Crippen LogP contribution in [0.5, 0.6) is 0 Å². The molecule has 0 N–H and O–H groups in total. The summed E-state index contributed by atoms with van der Waals surface area (Å²) in [5.41, 5.74) is 1.66. The Morgan fingerprint density at radius 1 is 0.960 bits per heavy atom. The monoisotopic (exact) mass is 359 g/mol. The Kier molecular flexibility index (Phi) is 4.30. The van der Waals surface area contributed by atoms with Gasteiger partial charge in [-0.15, -0.1) is 0 Å². The van der Waals surface area contributed by atoms with Crippen molar-refractivity contribution in [2.75, 3.05) is 6.26 Å². The molecular formula is C18H22BNO4S. The highest BCUT2D eigenvalue weighted by molar-refractivity contribution is 7.90. The third kappa shape index (κ3) is 3.49. The Morgan fingerprint density at radius 2 is 1.52 bits per heavy atom. The second-order valence-corrected chi connectivity index (χ2v) is 9.37. The van der Waals surface area contributed by atoms with Gasteiger partial charge in [0, 0.05) is 18.0 Å². The molecule has 0 radical (unpaired) electrons. The predicted octanol–water partition coefficient (Wildman–Crippen LogP) is 2.45. The standard InChI is InChI=1S/C18H22BNO4S/c1-17(2)18(3,4)24-19(23-17)14-10-11-20-16(12-14)13-6-8-15(9-7-13)25(5,21)22/h6-12H,1-5H3. The Morgan fingerprint density at radius 3 is 2.04 bits per heavy atom. The molecule has 1 fully saturated rings. The highest BCUT2D eigenvalue weighted by Gasteiger charge is 2.51. The van der Waals surface area contributed by atoms with E-state index >= 15 is 0 Å². The lowest BCUT2D eigenvalue weighted by molar-refractivity contribution is 0.00578. The number of sulfone groups is 1. The molecule has 1 aliphatic rings. The molecule has 0 amide bonds. The van der Waals surface area contributed by atoms with Gasteiger partial charge in [-0.05, 0) is 57.4 Å². The smallest absolute Gasteiger partial charge is 0.399 e. The van der Waals surface area contributed by atoms with Gasteiger partial charge in [-0.1, -0.05) is 12.1 Å². The summed E-state index contributed by atoms with van der Waals surface area (Å²) in [6, 6.07) is 10.5. The van der Waals surface area contributed by atoms with Crippen LogP contribution in [0.1, 0.15) is 27.7 Å². The van der Waals surface area contributed by atoms with Crippen molar-refractivity contribution < 1.29 is 17.7 Å². The minimum Gasteiger partial charge on any atom is -0.399 e. The van der Waals surface area contributed by atoms with E-state index in [9.17, 15) is 8.42 Å². The maximum atomic E-state index is 11.6. The van der Waals surface area contributed by atoms with Crippen molar-refractivity contribution in [3.63, 3.8) is 0 Å². The van der Waals surface area contributed by atoms with E-state index < -0.39 is 28.2 Å². The van der Waals surface area contributed by atoms with Crippen LogP contribution in [0, 0.1) is 0 Å². The van der Waals surface area contributed by atoms with E-state index in [1.54, 1.807) is 30.5 Å². The van der Waals surface area contributed by atoms with Crippen LogP contribution in [0.2, 0.25) is 0 Å². The number of hydrogen-bond acceptors (Lipinski definition) is 5. The molecule has 1 aromatic heterocycles. The average Bonchev–Trinajstić information content (AvgIpc) is 2.75. The van der Waals surface area contributed by atoms with Gasteiger partial charge in [0.25, 0.3) is 0 Å². The van der Waals surface area contributed by atoms with Crippen molar-refractivity contribution in [3.8, 4) is 11.3 Å². The van der Waals surface area contributed by atoms with Crippen LogP contribution in [0.15, 0.2) is 47.5 Å². The number of hydrogen-bond donors (Lipinski definition) is 0. The van der Waals surface area contributed by atoms with Gasteiger partial charge in [-0.25, -0.2) is 8.42 Å². The van der Waals surface area contributed by atoms with E-state index in [1.807, 2.05) is 39.8 Å². The number of benzene rings is 1. The first-order valence-electron chi connectivity index (χ1n) is 8.12. The third-order valence-corrected chi connectivity index (χ3v) is 6.02. The van der Waals surface area contributed by atoms with Crippen LogP contribution in [0.3, 0.4) is 0 Å². The molecule has 1 aliphatic heterocycles. The molecule has 5 nitrogen and oxygen atoms in total. The lowest BCUT2D eigenvalue weighted by atomic mass is 9.79. The molecule has 0 bridgehead atoms. The molecule has 0 spiro atoms. The normalized spacial score (nSPS) is 19.2. The largest absolute Gasteiger partial charge is 0.494 e. The summed E-state index contributed by atoms with van der Waals surface area (Å²) in [6.07, 6.45) is 2.90. The SMILES string of the molecule is CC1(C)OB(c2ccnc(-c3ccc(S(C)(=O)=O)cc3)c2)OC1(C)C. The second kappa shape index (κ2) is 5.93. The van der Waals surface area contributed by atoms with Crippen LogP contribution in [-0.4, -0.2) is 38.0 Å². The molecule has 132 valence electrons. The first-order chi connectivity index (χ1) is 11.5. The van der Waals surface area contributed by atoms with Gasteiger partial charge in [-0.3, -0.25) is 4.98 Å². The van der Waals surface area contributed by atoms with Crippen LogP contribution >= 0.6 is 0 Å². The molecule has 1 aromatic carbocycles. The first kappa shape index (κ1) is 18.1. The van der Waals surface area contributed by atoms with Crippen LogP contribution in [-0.2, 0) is 19.1 Å². The first-order valence-corrected chi connectivity index (χ1v) is 10.0. The number of nitrogens with zero attached hydrogens (tertiary/aromatic N) is 1. The van der Waals surface area contributed by atoms with Gasteiger partial charge in [0.15, 0.2) is 9.84 Å². The van der Waals surface area contributed by atoms with E-state index in [2.05, 4.69) is 4.98 Å². The van der Waals surface area contributed by atoms with E-state index in [0.29, 0.717) is 4.90 Å². The van der Waals surface area contributed by atoms with Crippen molar-refractivity contribution in [2.24, 2.45) is 0 Å². The maximum absolute atomic E-state index is 11.6. The van der Waals surface area contributed by atoms with E-state index in [-0.39, 0.29) is 0 Å². The lowest BCUT2D eigenvalue weighted by Crippen LogP contribution is -2.41. The molecule has 7 heteroatoms. The van der Waals surface area contributed by atoms with Gasteiger partial charge in [0.1, 0.15) is 0 Å². The fraction of sp³-hybridized carbons (Fsp3) is 0.389. The van der Waals surface area contributed by atoms with E-state index in [4.69, 9.17) is 9.31 Å². The Hall–Kier alpha value is -1.70. The quantitative estimate of drug-likeness (QED) is 0.788. The van der Waals surface area contributed by atoms with Gasteiger partial charge >= 0.3 is 7.12 Å². The zero-order valence-corrected chi connectivity index (χ0v) is 15.9. The van der Waals surface area contributed by atoms with Crippen molar-refractivity contribution >= 4 is 22.4 Å². The van der Waals surface area contributed by atoms with Crippen molar-refractivity contribution in [3.05, 3.63) is 42.6 Å². The minimum atomic E-state index is -3.21. The van der Waals surface area contributed by atoms with Crippen molar-refractivity contribution in [1.82, 2.24) is 4.98 Å². The van der Waals surface area contributed by atoms with Crippen LogP contribution < -0.4 is 5.46 Å². The van der Waals surface area contributed by atoms with Crippen molar-refractivity contribution in [1.29, 1.82) is 0 Å². The molecule has 0 saturated carbocycles. The predicted molar refractivity (Wildman–Crippen MR) is 98.5 cm³/mol. The van der Waals surface area contributed by atoms with E-state index in [0.717, 1.165) is 16.7 Å². The summed E-state index contributed by atoms with van der Waals surface area (Å²) < 4.78 is 35.3. The highest BCUT2D eigenvalue weighted by atomic mass is 32.2. The molecular weight excluding hydrogens is 337 g/mol. The molecule has 1 saturated heterocycles. The average molecular weight is 359 g/mol. The molecule has 0 unspecified atom stereocenters. The molecule has 0 aliphatic carbocycles. The number of rotatable bonds is 3. The fourth-order valence-corrected chi connectivity index (χ4v) is 3.23. The van der Waals surface area contributed by atoms with Crippen molar-refractivity contribution in [2.45, 2.75) is 43.8 Å². The maximum Gasteiger partial charge on any atom is 0.494 e. The molecule has 2 heterocycles. The molecule has 2 aromatic rings. The van der Waals surface area contributed by atoms with Gasteiger partial charge in [0.05, 0.1) is 21.8 Å². The van der Waals surface area contributed by atoms with Gasteiger partial charge in [0.2, 0.25) is 0 Å². The summed E-state index contributed by atoms with van der Waals surface area (Å²) in [5, 5.41) is 0. The van der Waals surface area contributed by atoms with Crippen LogP contribution in [0.4, 0.5) is 0 Å². The lowest BCUT2D eigenvalue weighted by Gasteiger charge is -2.32. The zero-order valence-electron chi connectivity index (χ0n) is 15.1. The summed E-state index contributed by atoms with van der Waals surface area (Å²) in [6.45, 7) is 8.05. The number of aromatic nitrogens is 1. The van der Waals surface area contributed by atoms with E-state index in [1.165, 1.54) is 6.26 Å². The zero-order chi connectivity index (χ0) is 18.5. The minimum absolute atomic E-state index is 0.290. The summed E-state index contributed by atoms with van der Waals surface area (Å²) in [4.78, 5) is 4.68. The fourth-order valence-electron chi connectivity index (χ4n) is 2.60.